The van der Waals surface area contributed by atoms with Gasteiger partial charge in [-0.2, -0.15) is 13.2 Å². The minimum Gasteiger partial charge on any atom is -0.481 e. The van der Waals surface area contributed by atoms with E-state index >= 15 is 0 Å². The lowest BCUT2D eigenvalue weighted by molar-refractivity contribution is -0.146. The highest BCUT2D eigenvalue weighted by molar-refractivity contribution is 6.46. The average molecular weight is 586 g/mol. The maximum atomic E-state index is 14.2. The summed E-state index contributed by atoms with van der Waals surface area (Å²) in [5.41, 5.74) is 1.72. The number of carbonyl (C=O) groups is 3. The van der Waals surface area contributed by atoms with Crippen molar-refractivity contribution in [3.8, 4) is 0 Å². The molecule has 0 bridgehead atoms. The number of halogens is 3. The van der Waals surface area contributed by atoms with Gasteiger partial charge >= 0.3 is 12.1 Å². The van der Waals surface area contributed by atoms with Crippen molar-refractivity contribution in [2.75, 3.05) is 6.54 Å². The van der Waals surface area contributed by atoms with E-state index in [1.54, 1.807) is 17.0 Å². The van der Waals surface area contributed by atoms with Crippen LogP contribution in [0.5, 0.6) is 0 Å². The number of carboxylic acid groups (broad SMARTS) is 1. The van der Waals surface area contributed by atoms with Gasteiger partial charge in [0.05, 0.1) is 12.5 Å². The zero-order valence-corrected chi connectivity index (χ0v) is 24.3. The molecule has 0 radical (unpaired) electrons. The predicted molar refractivity (Wildman–Crippen MR) is 153 cm³/mol. The summed E-state index contributed by atoms with van der Waals surface area (Å²) in [5, 5.41) is 11.3. The van der Waals surface area contributed by atoms with Crippen LogP contribution >= 0.6 is 0 Å². The molecule has 1 heterocycles. The van der Waals surface area contributed by atoms with E-state index in [1.807, 2.05) is 24.3 Å². The molecule has 4 rings (SSSR count). The minimum atomic E-state index is -4.42. The molecule has 2 amide bonds. The largest absolute Gasteiger partial charge is 0.481 e. The Labute approximate surface area is 244 Å². The molecule has 1 atom stereocenters. The molecule has 2 aromatic carbocycles. The lowest BCUT2D eigenvalue weighted by Crippen LogP contribution is -2.50. The molecule has 42 heavy (non-hydrogen) atoms. The molecular formula is C32H38F3N3O4. The molecule has 0 saturated heterocycles. The van der Waals surface area contributed by atoms with E-state index in [9.17, 15) is 27.6 Å². The van der Waals surface area contributed by atoms with Crippen molar-refractivity contribution < 1.29 is 32.7 Å². The van der Waals surface area contributed by atoms with Crippen LogP contribution in [0.15, 0.2) is 53.5 Å². The molecule has 226 valence electrons. The molecule has 1 aliphatic heterocycles. The normalized spacial score (nSPS) is 17.7. The first kappa shape index (κ1) is 31.3. The molecule has 1 fully saturated rings. The zero-order chi connectivity index (χ0) is 30.7. The van der Waals surface area contributed by atoms with Gasteiger partial charge < -0.3 is 15.3 Å². The monoisotopic (exact) mass is 585 g/mol. The van der Waals surface area contributed by atoms with E-state index in [0.29, 0.717) is 24.0 Å². The summed E-state index contributed by atoms with van der Waals surface area (Å²) in [5.74, 6) is -1.92. The number of nitrogens with zero attached hydrogens (tertiary/aromatic N) is 2. The summed E-state index contributed by atoms with van der Waals surface area (Å²) in [6, 6.07) is 12.9. The molecular weight excluding hydrogens is 547 g/mol. The molecule has 0 aromatic heterocycles. The van der Waals surface area contributed by atoms with Gasteiger partial charge in [-0.05, 0) is 60.8 Å². The van der Waals surface area contributed by atoms with Crippen LogP contribution in [-0.2, 0) is 15.0 Å². The van der Waals surface area contributed by atoms with Gasteiger partial charge in [0, 0.05) is 24.1 Å². The Morgan fingerprint density at radius 3 is 2.17 bits per heavy atom. The van der Waals surface area contributed by atoms with Gasteiger partial charge in [-0.25, -0.2) is 0 Å². The van der Waals surface area contributed by atoms with Crippen molar-refractivity contribution in [3.05, 3.63) is 70.8 Å². The van der Waals surface area contributed by atoms with Crippen molar-refractivity contribution in [1.82, 2.24) is 10.2 Å². The Balaban J connectivity index is 1.69. The highest BCUT2D eigenvalue weighted by Gasteiger charge is 2.51. The first-order valence-electron chi connectivity index (χ1n) is 14.4. The van der Waals surface area contributed by atoms with E-state index in [-0.39, 0.29) is 42.0 Å². The number of hydrogen-bond donors (Lipinski definition) is 2. The van der Waals surface area contributed by atoms with Crippen LogP contribution in [0.3, 0.4) is 0 Å². The number of amides is 2. The van der Waals surface area contributed by atoms with E-state index in [1.165, 1.54) is 12.1 Å². The Kier molecular flexibility index (Phi) is 9.13. The molecule has 2 aromatic rings. The number of aliphatic imine (C=N–C) groups is 1. The molecule has 7 nitrogen and oxygen atoms in total. The Hall–Kier alpha value is -3.69. The molecule has 1 saturated carbocycles. The zero-order valence-electron chi connectivity index (χ0n) is 24.3. The fourth-order valence-corrected chi connectivity index (χ4v) is 5.82. The summed E-state index contributed by atoms with van der Waals surface area (Å²) < 4.78 is 40.6. The van der Waals surface area contributed by atoms with E-state index in [4.69, 9.17) is 10.1 Å². The van der Waals surface area contributed by atoms with Crippen LogP contribution < -0.4 is 5.32 Å². The second-order valence-corrected chi connectivity index (χ2v) is 12.2. The van der Waals surface area contributed by atoms with Crippen LogP contribution in [0.25, 0.3) is 0 Å². The van der Waals surface area contributed by atoms with Gasteiger partial charge in [-0.15, -0.1) is 0 Å². The molecule has 1 aliphatic carbocycles. The van der Waals surface area contributed by atoms with Gasteiger partial charge in [0.2, 0.25) is 0 Å². The fourth-order valence-electron chi connectivity index (χ4n) is 5.82. The van der Waals surface area contributed by atoms with Crippen LogP contribution in [-0.4, -0.2) is 51.9 Å². The average Bonchev–Trinajstić information content (AvgIpc) is 3.19. The standard InChI is InChI=1S/C32H38F3N3O4/c1-30(2,3)24-13-11-22(12-14-24)27-29(42)38(31(37-27)17-5-4-6-18-31)25(15-19-32(33,34)35)21-7-9-23(10-8-21)28(41)36-20-16-26(39)40/h7-14,25H,4-6,15-20H2,1-3H3,(H,36,41)(H,39,40). The second-order valence-electron chi connectivity index (χ2n) is 12.2. The quantitative estimate of drug-likeness (QED) is 0.348. The van der Waals surface area contributed by atoms with Gasteiger partial charge in [-0.1, -0.05) is 63.6 Å². The maximum Gasteiger partial charge on any atom is 0.389 e. The minimum absolute atomic E-state index is 0.0498. The molecule has 1 spiro atoms. The summed E-state index contributed by atoms with van der Waals surface area (Å²) in [6.07, 6.45) is -2.36. The number of hydrogen-bond acceptors (Lipinski definition) is 4. The third-order valence-corrected chi connectivity index (χ3v) is 8.06. The van der Waals surface area contributed by atoms with Crippen LogP contribution in [0.4, 0.5) is 13.2 Å². The van der Waals surface area contributed by atoms with Gasteiger partial charge in [0.25, 0.3) is 11.8 Å². The van der Waals surface area contributed by atoms with E-state index < -0.39 is 36.2 Å². The lowest BCUT2D eigenvalue weighted by atomic mass is 9.86. The number of carbonyl (C=O) groups excluding carboxylic acids is 2. The Morgan fingerprint density at radius 2 is 1.62 bits per heavy atom. The number of aliphatic carboxylic acids is 1. The lowest BCUT2D eigenvalue weighted by Gasteiger charge is -2.44. The highest BCUT2D eigenvalue weighted by Crippen LogP contribution is 2.46. The van der Waals surface area contributed by atoms with Crippen molar-refractivity contribution in [1.29, 1.82) is 0 Å². The summed E-state index contributed by atoms with van der Waals surface area (Å²) in [4.78, 5) is 43.9. The van der Waals surface area contributed by atoms with Crippen molar-refractivity contribution in [2.24, 2.45) is 4.99 Å². The topological polar surface area (TPSA) is 99.1 Å². The predicted octanol–water partition coefficient (Wildman–Crippen LogP) is 6.56. The van der Waals surface area contributed by atoms with Crippen molar-refractivity contribution in [2.45, 2.75) is 95.4 Å². The van der Waals surface area contributed by atoms with E-state index in [0.717, 1.165) is 24.8 Å². The number of benzene rings is 2. The second kappa shape index (κ2) is 12.3. The summed E-state index contributed by atoms with van der Waals surface area (Å²) >= 11 is 0. The number of rotatable bonds is 9. The fraction of sp³-hybridized carbons (Fsp3) is 0.500. The van der Waals surface area contributed by atoms with Crippen molar-refractivity contribution >= 4 is 23.5 Å². The number of alkyl halides is 3. The first-order chi connectivity index (χ1) is 19.7. The van der Waals surface area contributed by atoms with Crippen LogP contribution in [0.1, 0.15) is 105 Å². The smallest absolute Gasteiger partial charge is 0.389 e. The van der Waals surface area contributed by atoms with Gasteiger partial charge in [0.1, 0.15) is 11.4 Å². The van der Waals surface area contributed by atoms with E-state index in [2.05, 4.69) is 26.1 Å². The molecule has 10 heteroatoms. The van der Waals surface area contributed by atoms with Crippen molar-refractivity contribution in [3.63, 3.8) is 0 Å². The first-order valence-corrected chi connectivity index (χ1v) is 14.4. The Morgan fingerprint density at radius 1 is 1.00 bits per heavy atom. The number of carboxylic acids is 1. The SMILES string of the molecule is CC(C)(C)c1ccc(C2=NC3(CCCCC3)N(C(CCC(F)(F)F)c3ccc(C(=O)NCCC(=O)O)cc3)C2=O)cc1. The molecule has 1 unspecified atom stereocenters. The summed E-state index contributed by atoms with van der Waals surface area (Å²) in [6.45, 7) is 6.23. The van der Waals surface area contributed by atoms with Gasteiger partial charge in [0.15, 0.2) is 0 Å². The highest BCUT2D eigenvalue weighted by atomic mass is 19.4. The maximum absolute atomic E-state index is 14.2. The summed E-state index contributed by atoms with van der Waals surface area (Å²) in [7, 11) is 0. The third-order valence-electron chi connectivity index (χ3n) is 8.06. The Bertz CT molecular complexity index is 1320. The molecule has 2 aliphatic rings. The van der Waals surface area contributed by atoms with Crippen LogP contribution in [0.2, 0.25) is 0 Å². The van der Waals surface area contributed by atoms with Crippen LogP contribution in [0, 0.1) is 0 Å². The molecule has 2 N–H and O–H groups in total. The third kappa shape index (κ3) is 7.20. The number of nitrogens with one attached hydrogen (secondary N) is 1. The van der Waals surface area contributed by atoms with Gasteiger partial charge in [-0.3, -0.25) is 19.4 Å².